The number of Topliss-reactive ketones (excluding diaryl/α,β-unsaturated/α-hetero) is 1. The number of hydrogen-bond acceptors (Lipinski definition) is 4. The van der Waals surface area contributed by atoms with E-state index in [9.17, 15) is 23.6 Å². The van der Waals surface area contributed by atoms with Crippen molar-refractivity contribution in [3.63, 3.8) is 0 Å². The minimum Gasteiger partial charge on any atom is -0.342 e. The van der Waals surface area contributed by atoms with E-state index >= 15 is 0 Å². The van der Waals surface area contributed by atoms with Crippen LogP contribution in [0.25, 0.3) is 0 Å². The van der Waals surface area contributed by atoms with Gasteiger partial charge in [-0.2, -0.15) is 0 Å². The third-order valence-corrected chi connectivity index (χ3v) is 6.56. The molecule has 2 fully saturated rings. The maximum atomic E-state index is 13.5. The first-order chi connectivity index (χ1) is 16.0. The summed E-state index contributed by atoms with van der Waals surface area (Å²) in [6.45, 7) is 2.28. The zero-order chi connectivity index (χ0) is 23.4. The Bertz CT molecular complexity index is 1070. The maximum absolute atomic E-state index is 13.5. The molecule has 0 radical (unpaired) electrons. The van der Waals surface area contributed by atoms with Gasteiger partial charge in [-0.1, -0.05) is 6.07 Å². The van der Waals surface area contributed by atoms with Crippen LogP contribution in [0.15, 0.2) is 53.5 Å². The Morgan fingerprint density at radius 3 is 2.15 bits per heavy atom. The number of benzene rings is 1. The first kappa shape index (κ1) is 22.9. The van der Waals surface area contributed by atoms with Crippen LogP contribution in [-0.4, -0.2) is 58.1 Å². The summed E-state index contributed by atoms with van der Waals surface area (Å²) >= 11 is 0. The van der Waals surface area contributed by atoms with E-state index in [0.29, 0.717) is 25.9 Å². The second-order valence-electron chi connectivity index (χ2n) is 8.71. The Labute approximate surface area is 191 Å². The molecule has 33 heavy (non-hydrogen) atoms. The lowest BCUT2D eigenvalue weighted by Gasteiger charge is -2.36. The summed E-state index contributed by atoms with van der Waals surface area (Å²) in [6.07, 6.45) is 5.69. The topological polar surface area (TPSA) is 79.7 Å². The lowest BCUT2D eigenvalue weighted by atomic mass is 9.93. The molecule has 0 bridgehead atoms. The van der Waals surface area contributed by atoms with E-state index in [-0.39, 0.29) is 17.4 Å². The number of amides is 2. The smallest absolute Gasteiger partial charge is 0.253 e. The van der Waals surface area contributed by atoms with Gasteiger partial charge in [0.25, 0.3) is 11.5 Å². The third-order valence-electron chi connectivity index (χ3n) is 6.56. The molecular formula is C25H28FN3O4. The number of likely N-dealkylation sites (tertiary alicyclic amines) is 2. The predicted molar refractivity (Wildman–Crippen MR) is 120 cm³/mol. The number of carbonyl (C=O) groups is 3. The third kappa shape index (κ3) is 5.05. The minimum absolute atomic E-state index is 0.127. The van der Waals surface area contributed by atoms with Gasteiger partial charge in [0, 0.05) is 49.9 Å². The van der Waals surface area contributed by atoms with Gasteiger partial charge in [0.05, 0.1) is 0 Å². The Balaban J connectivity index is 1.52. The van der Waals surface area contributed by atoms with E-state index in [1.165, 1.54) is 24.4 Å². The molecule has 2 aromatic rings. The summed E-state index contributed by atoms with van der Waals surface area (Å²) in [5.41, 5.74) is -0.317. The Kier molecular flexibility index (Phi) is 7.01. The normalized spacial score (nSPS) is 18.1. The quantitative estimate of drug-likeness (QED) is 0.515. The number of aromatic nitrogens is 1. The van der Waals surface area contributed by atoms with Crippen molar-refractivity contribution in [2.24, 2.45) is 5.92 Å². The summed E-state index contributed by atoms with van der Waals surface area (Å²) in [4.78, 5) is 55.6. The lowest BCUT2D eigenvalue weighted by Crippen LogP contribution is -2.49. The molecule has 1 atom stereocenters. The number of ketones is 1. The predicted octanol–water partition coefficient (Wildman–Crippen LogP) is 2.66. The van der Waals surface area contributed by atoms with Gasteiger partial charge in [-0.15, -0.1) is 0 Å². The Hall–Kier alpha value is -3.29. The standard InChI is InChI=1S/C25H28FN3O4/c26-20-9-7-18(8-10-20)23(31)22(29-15-5-2-6-21(29)30)25(33)28-16-11-19(12-17-28)24(32)27-13-3-1-4-14-27/h2,5-10,15,19,22H,1,3-4,11-14,16-17H2. The summed E-state index contributed by atoms with van der Waals surface area (Å²) in [5, 5.41) is 0. The van der Waals surface area contributed by atoms with Gasteiger partial charge >= 0.3 is 0 Å². The van der Waals surface area contributed by atoms with Gasteiger partial charge in [-0.05, 0) is 62.4 Å². The molecule has 0 N–H and O–H groups in total. The number of nitrogens with zero attached hydrogens (tertiary/aromatic N) is 3. The number of carbonyl (C=O) groups excluding carboxylic acids is 3. The molecule has 2 amide bonds. The van der Waals surface area contributed by atoms with Gasteiger partial charge in [-0.25, -0.2) is 4.39 Å². The van der Waals surface area contributed by atoms with Crippen molar-refractivity contribution in [3.8, 4) is 0 Å². The zero-order valence-corrected chi connectivity index (χ0v) is 18.5. The SMILES string of the molecule is O=C(c1ccc(F)cc1)C(C(=O)N1CCC(C(=O)N2CCCCC2)CC1)n1ccccc1=O. The second-order valence-corrected chi connectivity index (χ2v) is 8.71. The van der Waals surface area contributed by atoms with Gasteiger partial charge in [-0.3, -0.25) is 23.7 Å². The first-order valence-electron chi connectivity index (χ1n) is 11.5. The van der Waals surface area contributed by atoms with Crippen molar-refractivity contribution in [3.05, 3.63) is 70.4 Å². The fraction of sp³-hybridized carbons (Fsp3) is 0.440. The highest BCUT2D eigenvalue weighted by Gasteiger charge is 2.37. The number of hydrogen-bond donors (Lipinski definition) is 0. The van der Waals surface area contributed by atoms with Crippen LogP contribution < -0.4 is 5.56 Å². The molecule has 4 rings (SSSR count). The monoisotopic (exact) mass is 453 g/mol. The molecule has 1 aromatic heterocycles. The molecule has 2 saturated heterocycles. The molecule has 2 aliphatic rings. The van der Waals surface area contributed by atoms with Crippen molar-refractivity contribution >= 4 is 17.6 Å². The van der Waals surface area contributed by atoms with E-state index in [2.05, 4.69) is 0 Å². The van der Waals surface area contributed by atoms with Crippen LogP contribution in [0.4, 0.5) is 4.39 Å². The number of halogens is 1. The van der Waals surface area contributed by atoms with Crippen LogP contribution in [0.2, 0.25) is 0 Å². The van der Waals surface area contributed by atoms with Gasteiger partial charge in [0.1, 0.15) is 5.82 Å². The van der Waals surface area contributed by atoms with Gasteiger partial charge in [0.15, 0.2) is 11.8 Å². The van der Waals surface area contributed by atoms with Crippen LogP contribution in [0.1, 0.15) is 48.5 Å². The molecule has 0 spiro atoms. The molecule has 0 saturated carbocycles. The van der Waals surface area contributed by atoms with Crippen LogP contribution in [0, 0.1) is 11.7 Å². The van der Waals surface area contributed by atoms with Crippen LogP contribution in [0.5, 0.6) is 0 Å². The van der Waals surface area contributed by atoms with Crippen molar-refractivity contribution < 1.29 is 18.8 Å². The average molecular weight is 454 g/mol. The van der Waals surface area contributed by atoms with E-state index in [1.54, 1.807) is 17.0 Å². The number of pyridine rings is 1. The summed E-state index contributed by atoms with van der Waals surface area (Å²) < 4.78 is 14.5. The summed E-state index contributed by atoms with van der Waals surface area (Å²) in [7, 11) is 0. The highest BCUT2D eigenvalue weighted by Crippen LogP contribution is 2.25. The van der Waals surface area contributed by atoms with E-state index in [4.69, 9.17) is 0 Å². The van der Waals surface area contributed by atoms with Crippen LogP contribution in [-0.2, 0) is 9.59 Å². The largest absolute Gasteiger partial charge is 0.342 e. The lowest BCUT2D eigenvalue weighted by molar-refractivity contribution is -0.142. The molecule has 1 unspecified atom stereocenters. The molecule has 8 heteroatoms. The van der Waals surface area contributed by atoms with E-state index in [0.717, 1.165) is 49.1 Å². The van der Waals surface area contributed by atoms with Crippen molar-refractivity contribution in [1.82, 2.24) is 14.4 Å². The molecule has 0 aliphatic carbocycles. The number of piperidine rings is 2. The highest BCUT2D eigenvalue weighted by molar-refractivity contribution is 6.11. The molecule has 1 aromatic carbocycles. The van der Waals surface area contributed by atoms with E-state index in [1.807, 2.05) is 4.90 Å². The fourth-order valence-corrected chi connectivity index (χ4v) is 4.67. The van der Waals surface area contributed by atoms with Gasteiger partial charge < -0.3 is 9.80 Å². The summed E-state index contributed by atoms with van der Waals surface area (Å²) in [6, 6.07) is 7.98. The highest BCUT2D eigenvalue weighted by atomic mass is 19.1. The van der Waals surface area contributed by atoms with Gasteiger partial charge in [0.2, 0.25) is 5.91 Å². The van der Waals surface area contributed by atoms with E-state index < -0.39 is 29.1 Å². The molecule has 3 heterocycles. The minimum atomic E-state index is -1.38. The van der Waals surface area contributed by atoms with Crippen molar-refractivity contribution in [2.45, 2.75) is 38.1 Å². The van der Waals surface area contributed by atoms with Crippen molar-refractivity contribution in [2.75, 3.05) is 26.2 Å². The zero-order valence-electron chi connectivity index (χ0n) is 18.5. The van der Waals surface area contributed by atoms with Crippen LogP contribution in [0.3, 0.4) is 0 Å². The maximum Gasteiger partial charge on any atom is 0.253 e. The molecule has 7 nitrogen and oxygen atoms in total. The first-order valence-corrected chi connectivity index (χ1v) is 11.5. The van der Waals surface area contributed by atoms with Crippen LogP contribution >= 0.6 is 0 Å². The van der Waals surface area contributed by atoms with Crippen molar-refractivity contribution in [1.29, 1.82) is 0 Å². The molecular weight excluding hydrogens is 425 g/mol. The second kappa shape index (κ2) is 10.1. The number of rotatable bonds is 5. The fourth-order valence-electron chi connectivity index (χ4n) is 4.67. The average Bonchev–Trinajstić information content (AvgIpc) is 2.86. The summed E-state index contributed by atoms with van der Waals surface area (Å²) in [5.74, 6) is -1.52. The molecule has 174 valence electrons. The molecule has 2 aliphatic heterocycles. The Morgan fingerprint density at radius 2 is 1.52 bits per heavy atom. The Morgan fingerprint density at radius 1 is 0.848 bits per heavy atom.